The maximum atomic E-state index is 11.4. The number of hydrogen-bond donors (Lipinski definition) is 1. The molecule has 0 radical (unpaired) electrons. The highest BCUT2D eigenvalue weighted by Crippen LogP contribution is 2.54. The fraction of sp³-hybridized carbons (Fsp3) is 1.00. The van der Waals surface area contributed by atoms with Crippen LogP contribution in [0.15, 0.2) is 0 Å². The third-order valence-corrected chi connectivity index (χ3v) is 5.36. The summed E-state index contributed by atoms with van der Waals surface area (Å²) < 4.78 is 33.8. The number of fused-ring (bicyclic) bond motifs is 1. The number of hydrogen-bond acceptors (Lipinski definition) is 5. The molecule has 0 spiro atoms. The molecule has 5 atom stereocenters. The Bertz CT molecular complexity index is 434. The largest absolute Gasteiger partial charge is 0.386 e. The molecule has 0 bridgehead atoms. The van der Waals surface area contributed by atoms with E-state index in [9.17, 15) is 13.5 Å². The zero-order valence-corrected chi connectivity index (χ0v) is 12.2. The van der Waals surface area contributed by atoms with Crippen LogP contribution in [0.1, 0.15) is 33.6 Å². The van der Waals surface area contributed by atoms with Gasteiger partial charge in [0.1, 0.15) is 11.7 Å². The van der Waals surface area contributed by atoms with Crippen LogP contribution in [-0.4, -0.2) is 43.7 Å². The molecular weight excluding hydrogens is 256 g/mol. The van der Waals surface area contributed by atoms with Crippen LogP contribution in [0.5, 0.6) is 0 Å². The van der Waals surface area contributed by atoms with Crippen molar-refractivity contribution in [2.45, 2.75) is 50.9 Å². The van der Waals surface area contributed by atoms with Crippen molar-refractivity contribution < 1.29 is 22.4 Å². The first-order valence-corrected chi connectivity index (χ1v) is 8.18. The third-order valence-electron chi connectivity index (χ3n) is 4.80. The maximum Gasteiger partial charge on any atom is 0.264 e. The van der Waals surface area contributed by atoms with Crippen LogP contribution < -0.4 is 0 Å². The fourth-order valence-corrected chi connectivity index (χ4v) is 4.31. The Hall–Kier alpha value is -0.170. The van der Waals surface area contributed by atoms with E-state index in [1.165, 1.54) is 0 Å². The Kier molecular flexibility index (Phi) is 3.29. The summed E-state index contributed by atoms with van der Waals surface area (Å²) in [5.74, 6) is -0.137. The molecule has 6 heteroatoms. The number of rotatable bonds is 2. The van der Waals surface area contributed by atoms with Gasteiger partial charge in [0.15, 0.2) is 0 Å². The van der Waals surface area contributed by atoms with Crippen LogP contribution in [0.3, 0.4) is 0 Å². The first-order chi connectivity index (χ1) is 8.12. The normalized spacial score (nSPS) is 49.1. The molecule has 0 aromatic rings. The predicted octanol–water partition coefficient (Wildman–Crippen LogP) is 0.917. The monoisotopic (exact) mass is 278 g/mol. The van der Waals surface area contributed by atoms with Gasteiger partial charge in [-0.05, 0) is 31.6 Å². The molecule has 0 amide bonds. The van der Waals surface area contributed by atoms with E-state index in [-0.39, 0.29) is 11.8 Å². The van der Waals surface area contributed by atoms with Crippen LogP contribution >= 0.6 is 0 Å². The van der Waals surface area contributed by atoms with Crippen LogP contribution in [0, 0.1) is 11.8 Å². The van der Waals surface area contributed by atoms with Crippen molar-refractivity contribution in [2.75, 3.05) is 12.9 Å². The van der Waals surface area contributed by atoms with E-state index >= 15 is 0 Å². The van der Waals surface area contributed by atoms with Gasteiger partial charge in [-0.25, -0.2) is 0 Å². The average molecular weight is 278 g/mol. The lowest BCUT2D eigenvalue weighted by Gasteiger charge is -2.46. The van der Waals surface area contributed by atoms with E-state index in [1.54, 1.807) is 6.92 Å². The van der Waals surface area contributed by atoms with Crippen LogP contribution in [0.4, 0.5) is 0 Å². The molecule has 1 saturated heterocycles. The van der Waals surface area contributed by atoms with Crippen LogP contribution in [0.2, 0.25) is 0 Å². The zero-order chi connectivity index (χ0) is 13.8. The second-order valence-corrected chi connectivity index (χ2v) is 7.45. The van der Waals surface area contributed by atoms with E-state index < -0.39 is 27.4 Å². The van der Waals surface area contributed by atoms with E-state index in [4.69, 9.17) is 8.92 Å². The molecule has 1 aliphatic heterocycles. The van der Waals surface area contributed by atoms with Gasteiger partial charge in [-0.3, -0.25) is 4.18 Å². The Morgan fingerprint density at radius 2 is 2.00 bits per heavy atom. The van der Waals surface area contributed by atoms with E-state index in [0.29, 0.717) is 13.0 Å². The summed E-state index contributed by atoms with van der Waals surface area (Å²) in [5.41, 5.74) is -1.97. The average Bonchev–Trinajstić information content (AvgIpc) is 2.39. The Morgan fingerprint density at radius 1 is 1.39 bits per heavy atom. The van der Waals surface area contributed by atoms with Gasteiger partial charge in [0, 0.05) is 6.61 Å². The summed E-state index contributed by atoms with van der Waals surface area (Å²) in [4.78, 5) is 0. The lowest BCUT2D eigenvalue weighted by Crippen LogP contribution is -2.60. The fourth-order valence-electron chi connectivity index (χ4n) is 3.57. The summed E-state index contributed by atoms with van der Waals surface area (Å²) >= 11 is 0. The number of ether oxygens (including phenoxy) is 1. The highest BCUT2D eigenvalue weighted by atomic mass is 32.2. The molecule has 0 unspecified atom stereocenters. The smallest absolute Gasteiger partial charge is 0.264 e. The Labute approximate surface area is 109 Å². The van der Waals surface area contributed by atoms with E-state index in [1.807, 2.05) is 13.8 Å². The maximum absolute atomic E-state index is 11.4. The molecule has 0 aromatic carbocycles. The molecule has 106 valence electrons. The molecule has 1 saturated carbocycles. The highest BCUT2D eigenvalue weighted by Gasteiger charge is 2.67. The van der Waals surface area contributed by atoms with Gasteiger partial charge in [-0.2, -0.15) is 8.42 Å². The minimum atomic E-state index is -3.57. The van der Waals surface area contributed by atoms with Gasteiger partial charge in [0.2, 0.25) is 0 Å². The standard InChI is InChI=1S/C12H22O5S/c1-8-9(2)12(13)6-5-7-16-11(12,3)10(8)17-18(4,14)15/h8-10,13H,5-7H2,1-4H3/t8-,9-,10-,11-,12-/m0/s1. The van der Waals surface area contributed by atoms with Gasteiger partial charge in [-0.1, -0.05) is 13.8 Å². The van der Waals surface area contributed by atoms with Gasteiger partial charge in [0.25, 0.3) is 10.1 Å². The van der Waals surface area contributed by atoms with Crippen molar-refractivity contribution in [2.24, 2.45) is 11.8 Å². The van der Waals surface area contributed by atoms with Crippen molar-refractivity contribution in [3.8, 4) is 0 Å². The van der Waals surface area contributed by atoms with E-state index in [2.05, 4.69) is 0 Å². The molecule has 18 heavy (non-hydrogen) atoms. The van der Waals surface area contributed by atoms with Crippen molar-refractivity contribution in [1.82, 2.24) is 0 Å². The third kappa shape index (κ3) is 1.90. The van der Waals surface area contributed by atoms with Gasteiger partial charge in [-0.15, -0.1) is 0 Å². The van der Waals surface area contributed by atoms with Crippen molar-refractivity contribution in [3.05, 3.63) is 0 Å². The quantitative estimate of drug-likeness (QED) is 0.760. The second kappa shape index (κ2) is 4.16. The minimum absolute atomic E-state index is 0.0606. The Morgan fingerprint density at radius 3 is 2.56 bits per heavy atom. The summed E-state index contributed by atoms with van der Waals surface area (Å²) in [6.45, 7) is 6.14. The Balaban J connectivity index is 2.41. The first-order valence-electron chi connectivity index (χ1n) is 6.36. The van der Waals surface area contributed by atoms with Gasteiger partial charge >= 0.3 is 0 Å². The molecule has 2 rings (SSSR count). The minimum Gasteiger partial charge on any atom is -0.386 e. The predicted molar refractivity (Wildman–Crippen MR) is 66.6 cm³/mol. The second-order valence-electron chi connectivity index (χ2n) is 5.85. The first kappa shape index (κ1) is 14.2. The van der Waals surface area contributed by atoms with Crippen LogP contribution in [-0.2, 0) is 19.0 Å². The topological polar surface area (TPSA) is 72.8 Å². The molecule has 1 N–H and O–H groups in total. The van der Waals surface area contributed by atoms with Crippen LogP contribution in [0.25, 0.3) is 0 Å². The molecule has 2 aliphatic rings. The van der Waals surface area contributed by atoms with E-state index in [0.717, 1.165) is 12.7 Å². The van der Waals surface area contributed by atoms with Gasteiger partial charge < -0.3 is 9.84 Å². The summed E-state index contributed by atoms with van der Waals surface area (Å²) in [6, 6.07) is 0. The molecular formula is C12H22O5S. The highest BCUT2D eigenvalue weighted by molar-refractivity contribution is 7.86. The van der Waals surface area contributed by atoms with Crippen molar-refractivity contribution >= 4 is 10.1 Å². The number of aliphatic hydroxyl groups is 1. The van der Waals surface area contributed by atoms with Crippen molar-refractivity contribution in [1.29, 1.82) is 0 Å². The lowest BCUT2D eigenvalue weighted by molar-refractivity contribution is -0.222. The summed E-state index contributed by atoms with van der Waals surface area (Å²) in [7, 11) is -3.57. The summed E-state index contributed by atoms with van der Waals surface area (Å²) in [5, 5.41) is 10.9. The van der Waals surface area contributed by atoms with Crippen molar-refractivity contribution in [3.63, 3.8) is 0 Å². The molecule has 1 heterocycles. The lowest BCUT2D eigenvalue weighted by atomic mass is 9.76. The molecule has 5 nitrogen and oxygen atoms in total. The summed E-state index contributed by atoms with van der Waals surface area (Å²) in [6.07, 6.45) is 1.81. The zero-order valence-electron chi connectivity index (χ0n) is 11.3. The molecule has 2 fully saturated rings. The molecule has 0 aromatic heterocycles. The van der Waals surface area contributed by atoms with Gasteiger partial charge in [0.05, 0.1) is 11.9 Å². The molecule has 1 aliphatic carbocycles. The SMILES string of the molecule is C[C@@H]1[C@H](OS(C)(=O)=O)[C@]2(C)OCCC[C@]2(O)[C@H]1C.